The number of aromatic nitrogens is 2. The van der Waals surface area contributed by atoms with Crippen LogP contribution in [0.15, 0.2) is 107 Å². The molecule has 7 heteroatoms. The molecule has 1 aromatic heterocycles. The van der Waals surface area contributed by atoms with Crippen LogP contribution in [0.5, 0.6) is 0 Å². The van der Waals surface area contributed by atoms with Crippen LogP contribution in [-0.4, -0.2) is 33.5 Å². The monoisotopic (exact) mass is 498 g/mol. The van der Waals surface area contributed by atoms with Crippen molar-refractivity contribution in [2.45, 2.75) is 43.8 Å². The molecule has 0 amide bonds. The lowest BCUT2D eigenvalue weighted by Gasteiger charge is -2.37. The molecule has 1 aliphatic rings. The summed E-state index contributed by atoms with van der Waals surface area (Å²) in [6.07, 6.45) is -0.0380. The van der Waals surface area contributed by atoms with Crippen LogP contribution in [0.25, 0.3) is 0 Å². The molecule has 0 unspecified atom stereocenters. The number of hydrogen-bond donors (Lipinski definition) is 2. The quantitative estimate of drug-likeness (QED) is 0.361. The van der Waals surface area contributed by atoms with Crippen molar-refractivity contribution in [2.75, 3.05) is 6.61 Å². The van der Waals surface area contributed by atoms with E-state index < -0.39 is 35.3 Å². The van der Waals surface area contributed by atoms with Crippen LogP contribution in [0.3, 0.4) is 0 Å². The molecule has 190 valence electrons. The molecule has 1 fully saturated rings. The third-order valence-corrected chi connectivity index (χ3v) is 6.94. The fourth-order valence-corrected chi connectivity index (χ4v) is 5.00. The van der Waals surface area contributed by atoms with Crippen LogP contribution in [0.2, 0.25) is 0 Å². The highest BCUT2D eigenvalue weighted by molar-refractivity contribution is 5.47. The summed E-state index contributed by atoms with van der Waals surface area (Å²) in [5.74, 6) is 0. The molecule has 2 N–H and O–H groups in total. The first kappa shape index (κ1) is 24.9. The molecule has 1 aliphatic heterocycles. The van der Waals surface area contributed by atoms with Gasteiger partial charge in [-0.2, -0.15) is 0 Å². The number of ether oxygens (including phenoxy) is 2. The normalized spacial score (nSPS) is 19.7. The van der Waals surface area contributed by atoms with Crippen molar-refractivity contribution in [3.8, 4) is 0 Å². The lowest BCUT2D eigenvalue weighted by molar-refractivity contribution is -0.0944. The van der Waals surface area contributed by atoms with E-state index in [1.54, 1.807) is 0 Å². The second-order valence-corrected chi connectivity index (χ2v) is 9.20. The molecule has 3 atom stereocenters. The largest absolute Gasteiger partial charge is 0.390 e. The van der Waals surface area contributed by atoms with Crippen LogP contribution in [0.4, 0.5) is 0 Å². The molecular formula is C30H30N2O5. The van der Waals surface area contributed by atoms with Gasteiger partial charge in [0, 0.05) is 18.2 Å². The third-order valence-electron chi connectivity index (χ3n) is 6.94. The molecule has 0 radical (unpaired) electrons. The van der Waals surface area contributed by atoms with E-state index in [-0.39, 0.29) is 13.0 Å². The Morgan fingerprint density at radius 2 is 1.43 bits per heavy atom. The van der Waals surface area contributed by atoms with Crippen molar-refractivity contribution in [1.82, 2.24) is 9.55 Å². The summed E-state index contributed by atoms with van der Waals surface area (Å²) in [5, 5.41) is 10.9. The van der Waals surface area contributed by atoms with Gasteiger partial charge in [0.05, 0.1) is 12.7 Å². The Kier molecular flexibility index (Phi) is 7.19. The van der Waals surface area contributed by atoms with E-state index in [1.165, 1.54) is 10.8 Å². The molecule has 4 aromatic rings. The molecule has 0 bridgehead atoms. The summed E-state index contributed by atoms with van der Waals surface area (Å²) in [7, 11) is 0. The van der Waals surface area contributed by atoms with Crippen LogP contribution < -0.4 is 11.2 Å². The Morgan fingerprint density at radius 3 is 1.92 bits per heavy atom. The number of benzene rings is 3. The van der Waals surface area contributed by atoms with E-state index in [0.717, 1.165) is 16.7 Å². The van der Waals surface area contributed by atoms with E-state index in [2.05, 4.69) is 4.98 Å². The van der Waals surface area contributed by atoms with Gasteiger partial charge in [-0.3, -0.25) is 14.3 Å². The Morgan fingerprint density at radius 1 is 0.919 bits per heavy atom. The lowest BCUT2D eigenvalue weighted by Crippen LogP contribution is -2.38. The summed E-state index contributed by atoms with van der Waals surface area (Å²) < 4.78 is 14.3. The topological polar surface area (TPSA) is 93.6 Å². The number of nitrogens with one attached hydrogen (secondary N) is 1. The van der Waals surface area contributed by atoms with Crippen molar-refractivity contribution in [1.29, 1.82) is 0 Å². The summed E-state index contributed by atoms with van der Waals surface area (Å²) in [6.45, 7) is 1.92. The zero-order valence-corrected chi connectivity index (χ0v) is 20.6. The van der Waals surface area contributed by atoms with Crippen LogP contribution in [-0.2, 0) is 21.5 Å². The van der Waals surface area contributed by atoms with E-state index in [9.17, 15) is 14.7 Å². The molecule has 7 nitrogen and oxygen atoms in total. The maximum absolute atomic E-state index is 12.5. The molecule has 0 aliphatic carbocycles. The third kappa shape index (κ3) is 4.81. The maximum Gasteiger partial charge on any atom is 0.330 e. The highest BCUT2D eigenvalue weighted by Gasteiger charge is 2.41. The van der Waals surface area contributed by atoms with Crippen molar-refractivity contribution in [2.24, 2.45) is 0 Å². The Labute approximate surface area is 215 Å². The SMILES string of the molecule is CCc1cn([C@H]2C[C@@H](O)[C@@H](COC(c3ccccc3)(c3ccccc3)c3ccccc3)O2)c(=O)[nH]c1=O. The van der Waals surface area contributed by atoms with Crippen molar-refractivity contribution in [3.05, 3.63) is 140 Å². The zero-order valence-electron chi connectivity index (χ0n) is 20.6. The van der Waals surface area contributed by atoms with E-state index in [4.69, 9.17) is 9.47 Å². The predicted octanol–water partition coefficient (Wildman–Crippen LogP) is 3.76. The summed E-state index contributed by atoms with van der Waals surface area (Å²) in [6, 6.07) is 29.9. The van der Waals surface area contributed by atoms with E-state index in [1.807, 2.05) is 97.9 Å². The fourth-order valence-electron chi connectivity index (χ4n) is 5.00. The van der Waals surface area contributed by atoms with Crippen molar-refractivity contribution < 1.29 is 14.6 Å². The van der Waals surface area contributed by atoms with Gasteiger partial charge in [0.1, 0.15) is 17.9 Å². The average molecular weight is 499 g/mol. The van der Waals surface area contributed by atoms with Gasteiger partial charge in [-0.05, 0) is 23.1 Å². The van der Waals surface area contributed by atoms with Gasteiger partial charge in [0.25, 0.3) is 5.56 Å². The molecule has 5 rings (SSSR count). The van der Waals surface area contributed by atoms with Gasteiger partial charge in [0.15, 0.2) is 0 Å². The Bertz CT molecular complexity index is 1340. The second-order valence-electron chi connectivity index (χ2n) is 9.20. The summed E-state index contributed by atoms with van der Waals surface area (Å²) in [5.41, 5.74) is 1.40. The van der Waals surface area contributed by atoms with Crippen molar-refractivity contribution >= 4 is 0 Å². The molecular weight excluding hydrogens is 468 g/mol. The smallest absolute Gasteiger partial charge is 0.330 e. The Hall–Kier alpha value is -3.78. The number of aryl methyl sites for hydroxylation is 1. The molecule has 0 saturated carbocycles. The second kappa shape index (κ2) is 10.7. The van der Waals surface area contributed by atoms with Crippen LogP contribution in [0, 0.1) is 0 Å². The zero-order chi connectivity index (χ0) is 25.8. The highest BCUT2D eigenvalue weighted by atomic mass is 16.6. The average Bonchev–Trinajstić information content (AvgIpc) is 3.31. The number of hydrogen-bond acceptors (Lipinski definition) is 5. The first-order valence-electron chi connectivity index (χ1n) is 12.5. The lowest BCUT2D eigenvalue weighted by atomic mass is 9.80. The minimum Gasteiger partial charge on any atom is -0.390 e. The predicted molar refractivity (Wildman–Crippen MR) is 140 cm³/mol. The molecule has 0 spiro atoms. The van der Waals surface area contributed by atoms with Gasteiger partial charge in [-0.1, -0.05) is 97.9 Å². The first-order chi connectivity index (χ1) is 18.0. The standard InChI is InChI=1S/C30H30N2O5/c1-2-21-19-32(29(35)31-28(21)34)27-18-25(33)26(37-27)20-36-30(22-12-6-3-7-13-22,23-14-8-4-9-15-23)24-16-10-5-11-17-24/h3-17,19,25-27,33H,2,18,20H2,1H3,(H,31,34,35)/t25-,26-,27-/m1/s1. The molecule has 1 saturated heterocycles. The minimum atomic E-state index is -0.949. The minimum absolute atomic E-state index is 0.0785. The molecule has 3 aromatic carbocycles. The number of nitrogens with zero attached hydrogens (tertiary/aromatic N) is 1. The number of aromatic amines is 1. The van der Waals surface area contributed by atoms with Gasteiger partial charge in [-0.15, -0.1) is 0 Å². The number of rotatable bonds is 8. The summed E-state index contributed by atoms with van der Waals surface area (Å²) in [4.78, 5) is 26.8. The number of H-pyrrole nitrogens is 1. The Balaban J connectivity index is 1.49. The van der Waals surface area contributed by atoms with Gasteiger partial charge >= 0.3 is 5.69 Å². The van der Waals surface area contributed by atoms with Gasteiger partial charge < -0.3 is 14.6 Å². The first-order valence-corrected chi connectivity index (χ1v) is 12.5. The van der Waals surface area contributed by atoms with Crippen LogP contribution in [0.1, 0.15) is 41.8 Å². The van der Waals surface area contributed by atoms with Gasteiger partial charge in [-0.25, -0.2) is 4.79 Å². The number of aliphatic hydroxyl groups excluding tert-OH is 1. The number of aliphatic hydroxyl groups is 1. The fraction of sp³-hybridized carbons (Fsp3) is 0.267. The van der Waals surface area contributed by atoms with E-state index in [0.29, 0.717) is 12.0 Å². The summed E-state index contributed by atoms with van der Waals surface area (Å²) >= 11 is 0. The van der Waals surface area contributed by atoms with Gasteiger partial charge in [0.2, 0.25) is 0 Å². The van der Waals surface area contributed by atoms with Crippen molar-refractivity contribution in [3.63, 3.8) is 0 Å². The molecule has 37 heavy (non-hydrogen) atoms. The van der Waals surface area contributed by atoms with Crippen LogP contribution >= 0.6 is 0 Å². The maximum atomic E-state index is 12.5. The van der Waals surface area contributed by atoms with E-state index >= 15 is 0 Å². The highest BCUT2D eigenvalue weighted by Crippen LogP contribution is 2.41. The molecule has 2 heterocycles.